The Morgan fingerprint density at radius 1 is 1.24 bits per heavy atom. The quantitative estimate of drug-likeness (QED) is 0.769. The first-order valence-electron chi connectivity index (χ1n) is 9.48. The van der Waals surface area contributed by atoms with Gasteiger partial charge in [0.25, 0.3) is 0 Å². The molecule has 0 fully saturated rings. The predicted octanol–water partition coefficient (Wildman–Crippen LogP) is 4.32. The Labute approximate surface area is 115 Å². The zero-order chi connectivity index (χ0) is 19.0. The third-order valence-electron chi connectivity index (χ3n) is 2.45. The minimum atomic E-state index is -2.48. The predicted molar refractivity (Wildman–Crippen MR) is 73.1 cm³/mol. The number of hydrogen-bond donors (Lipinski definition) is 0. The highest BCUT2D eigenvalue weighted by molar-refractivity contribution is 5.60. The van der Waals surface area contributed by atoms with Crippen molar-refractivity contribution in [1.29, 1.82) is 0 Å². The van der Waals surface area contributed by atoms with Crippen molar-refractivity contribution in [2.75, 3.05) is 0 Å². The highest BCUT2D eigenvalue weighted by atomic mass is 14.7. The van der Waals surface area contributed by atoms with Gasteiger partial charge in [0.2, 0.25) is 0 Å². The maximum absolute atomic E-state index is 8.02. The first-order chi connectivity index (χ1) is 11.4. The molecule has 0 aliphatic carbocycles. The fourth-order valence-corrected chi connectivity index (χ4v) is 1.59. The molecule has 1 aromatic carbocycles. The number of benzene rings is 1. The van der Waals surface area contributed by atoms with Gasteiger partial charge >= 0.3 is 0 Å². The molecule has 0 saturated heterocycles. The molecule has 0 saturated carbocycles. The fraction of sp³-hybridized carbons (Fsp3) is 0.312. The van der Waals surface area contributed by atoms with Crippen molar-refractivity contribution in [2.45, 2.75) is 33.4 Å². The maximum Gasteiger partial charge on any atom is 0.0704 e. The van der Waals surface area contributed by atoms with Crippen molar-refractivity contribution in [3.63, 3.8) is 0 Å². The van der Waals surface area contributed by atoms with Crippen molar-refractivity contribution < 1.29 is 11.0 Å². The van der Waals surface area contributed by atoms with Gasteiger partial charge in [0.1, 0.15) is 0 Å². The van der Waals surface area contributed by atoms with Crippen LogP contribution in [0.15, 0.2) is 36.5 Å². The lowest BCUT2D eigenvalue weighted by Gasteiger charge is -2.07. The highest BCUT2D eigenvalue weighted by Crippen LogP contribution is 2.20. The topological polar surface area (TPSA) is 12.9 Å². The van der Waals surface area contributed by atoms with E-state index in [4.69, 9.17) is 11.0 Å². The number of hydrogen-bond acceptors (Lipinski definition) is 1. The van der Waals surface area contributed by atoms with Crippen molar-refractivity contribution >= 4 is 0 Å². The van der Waals surface area contributed by atoms with E-state index in [0.717, 1.165) is 0 Å². The summed E-state index contributed by atoms with van der Waals surface area (Å²) in [6, 6.07) is 7.42. The molecule has 0 aliphatic heterocycles. The Balaban J connectivity index is 2.54. The van der Waals surface area contributed by atoms with E-state index >= 15 is 0 Å². The Hall–Kier alpha value is -1.63. The van der Waals surface area contributed by atoms with Crippen molar-refractivity contribution in [2.24, 2.45) is 0 Å². The standard InChI is InChI=1S/C16H19N/c1-4-5-15-11-17-16(10-13(15)3)14-8-6-12(2)7-9-14/h6-11H,4-5H2,1-3H3/i2D3,3D3,5D2. The lowest BCUT2D eigenvalue weighted by atomic mass is 10.0. The Morgan fingerprint density at radius 2 is 2.06 bits per heavy atom. The molecule has 0 radical (unpaired) electrons. The molecule has 88 valence electrons. The molecular formula is C16H19N. The van der Waals surface area contributed by atoms with E-state index in [1.165, 1.54) is 24.4 Å². The molecule has 0 unspecified atom stereocenters. The SMILES string of the molecule is [2H]C([2H])([2H])c1ccc(-c2cc(C([2H])([2H])[2H])c(C([2H])([2H])CC)cn2)cc1. The summed E-state index contributed by atoms with van der Waals surface area (Å²) in [6.07, 6.45) is -0.400. The smallest absolute Gasteiger partial charge is 0.0704 e. The van der Waals surface area contributed by atoms with Crippen LogP contribution in [0.4, 0.5) is 0 Å². The lowest BCUT2D eigenvalue weighted by Crippen LogP contribution is -1.93. The van der Waals surface area contributed by atoms with Gasteiger partial charge in [-0.05, 0) is 37.3 Å². The number of aryl methyl sites for hydroxylation is 3. The number of nitrogens with zero attached hydrogens (tertiary/aromatic N) is 1. The summed E-state index contributed by atoms with van der Waals surface area (Å²) in [5.41, 5.74) is 1.09. The Bertz CT molecular complexity index is 744. The van der Waals surface area contributed by atoms with Crippen LogP contribution in [-0.2, 0) is 6.37 Å². The third-order valence-corrected chi connectivity index (χ3v) is 2.45. The summed E-state index contributed by atoms with van der Waals surface area (Å²) >= 11 is 0. The fourth-order valence-electron chi connectivity index (χ4n) is 1.59. The van der Waals surface area contributed by atoms with Gasteiger partial charge in [-0.1, -0.05) is 43.2 Å². The average Bonchev–Trinajstić information content (AvgIpc) is 2.53. The molecular weight excluding hydrogens is 206 g/mol. The molecule has 2 rings (SSSR count). The van der Waals surface area contributed by atoms with Gasteiger partial charge in [0.05, 0.1) is 5.69 Å². The molecule has 1 aromatic heterocycles. The summed E-state index contributed by atoms with van der Waals surface area (Å²) < 4.78 is 61.3. The van der Waals surface area contributed by atoms with E-state index in [2.05, 4.69) is 4.98 Å². The van der Waals surface area contributed by atoms with Crippen LogP contribution in [-0.4, -0.2) is 4.98 Å². The van der Waals surface area contributed by atoms with E-state index < -0.39 is 20.1 Å². The van der Waals surface area contributed by atoms with E-state index in [0.29, 0.717) is 11.3 Å². The first-order valence-corrected chi connectivity index (χ1v) is 5.48. The van der Waals surface area contributed by atoms with Gasteiger partial charge in [-0.3, -0.25) is 4.98 Å². The van der Waals surface area contributed by atoms with Crippen LogP contribution in [0.5, 0.6) is 0 Å². The van der Waals surface area contributed by atoms with Crippen LogP contribution >= 0.6 is 0 Å². The molecule has 0 aliphatic rings. The van der Waals surface area contributed by atoms with E-state index in [1.807, 2.05) is 0 Å². The summed E-state index contributed by atoms with van der Waals surface area (Å²) in [7, 11) is 0. The van der Waals surface area contributed by atoms with Crippen molar-refractivity contribution in [3.05, 3.63) is 53.2 Å². The zero-order valence-corrected chi connectivity index (χ0v) is 9.62. The maximum atomic E-state index is 8.02. The van der Waals surface area contributed by atoms with Gasteiger partial charge in [0.15, 0.2) is 0 Å². The van der Waals surface area contributed by atoms with Crippen LogP contribution in [0.25, 0.3) is 11.3 Å². The van der Waals surface area contributed by atoms with Gasteiger partial charge in [-0.2, -0.15) is 0 Å². The Morgan fingerprint density at radius 3 is 2.71 bits per heavy atom. The summed E-state index contributed by atoms with van der Waals surface area (Å²) in [5.74, 6) is 0. The highest BCUT2D eigenvalue weighted by Gasteiger charge is 2.03. The first kappa shape index (κ1) is 5.34. The second-order valence-corrected chi connectivity index (χ2v) is 3.72. The summed E-state index contributed by atoms with van der Waals surface area (Å²) in [5, 5.41) is 0. The van der Waals surface area contributed by atoms with Crippen LogP contribution in [0.1, 0.15) is 41.0 Å². The molecule has 0 N–H and O–H groups in total. The molecule has 2 aromatic rings. The van der Waals surface area contributed by atoms with E-state index in [1.54, 1.807) is 19.1 Å². The van der Waals surface area contributed by atoms with Gasteiger partial charge in [-0.15, -0.1) is 0 Å². The summed E-state index contributed by atoms with van der Waals surface area (Å²) in [4.78, 5) is 4.20. The molecule has 0 bridgehead atoms. The third kappa shape index (κ3) is 2.73. The minimum Gasteiger partial charge on any atom is -0.256 e. The normalized spacial score (nSPS) is 19.8. The second-order valence-electron chi connectivity index (χ2n) is 3.72. The molecule has 0 atom stereocenters. The van der Waals surface area contributed by atoms with Crippen LogP contribution in [0.2, 0.25) is 0 Å². The van der Waals surface area contributed by atoms with Gasteiger partial charge in [-0.25, -0.2) is 0 Å². The van der Waals surface area contributed by atoms with E-state index in [9.17, 15) is 0 Å². The monoisotopic (exact) mass is 233 g/mol. The second kappa shape index (κ2) is 5.13. The van der Waals surface area contributed by atoms with Gasteiger partial charge < -0.3 is 0 Å². The van der Waals surface area contributed by atoms with Crippen LogP contribution < -0.4 is 0 Å². The zero-order valence-electron chi connectivity index (χ0n) is 17.6. The molecule has 0 spiro atoms. The van der Waals surface area contributed by atoms with Crippen LogP contribution in [0.3, 0.4) is 0 Å². The largest absolute Gasteiger partial charge is 0.256 e. The molecule has 1 heterocycles. The van der Waals surface area contributed by atoms with Crippen LogP contribution in [0, 0.1) is 13.7 Å². The average molecular weight is 233 g/mol. The number of aromatic nitrogens is 1. The van der Waals surface area contributed by atoms with E-state index in [-0.39, 0.29) is 23.1 Å². The lowest BCUT2D eigenvalue weighted by molar-refractivity contribution is 0.904. The molecule has 17 heavy (non-hydrogen) atoms. The summed E-state index contributed by atoms with van der Waals surface area (Å²) in [6.45, 7) is -3.05. The molecule has 0 amide bonds. The molecule has 1 nitrogen and oxygen atoms in total. The Kier molecular flexibility index (Phi) is 1.61. The number of rotatable bonds is 3. The molecule has 1 heteroatoms. The number of pyridine rings is 1. The van der Waals surface area contributed by atoms with Gasteiger partial charge in [0, 0.05) is 22.7 Å². The van der Waals surface area contributed by atoms with Crippen molar-refractivity contribution in [3.8, 4) is 11.3 Å². The minimum absolute atomic E-state index is 0.0536. The van der Waals surface area contributed by atoms with Crippen molar-refractivity contribution in [1.82, 2.24) is 4.98 Å².